The SMILES string of the molecule is C.[C-]#[N+]c1ccc(C(=O)Nc2ccc3c(c2)CCC(CC)C3=O)c(Cl)c1. The van der Waals surface area contributed by atoms with Crippen molar-refractivity contribution in [2.24, 2.45) is 5.92 Å². The van der Waals surface area contributed by atoms with E-state index in [1.54, 1.807) is 24.3 Å². The van der Waals surface area contributed by atoms with Gasteiger partial charge in [-0.2, -0.15) is 0 Å². The number of amides is 1. The van der Waals surface area contributed by atoms with Crippen LogP contribution in [0.25, 0.3) is 4.85 Å². The van der Waals surface area contributed by atoms with Gasteiger partial charge in [0.05, 0.1) is 12.1 Å². The van der Waals surface area contributed by atoms with Crippen LogP contribution in [-0.2, 0) is 6.42 Å². The molecule has 26 heavy (non-hydrogen) atoms. The maximum atomic E-state index is 12.4. The molecule has 1 aliphatic rings. The predicted octanol–water partition coefficient (Wildman–Crippen LogP) is 5.93. The standard InChI is InChI=1S/C20H17ClN2O2.CH4/c1-3-12-4-5-13-10-15(7-8-16(13)19(12)24)23-20(25)17-9-6-14(22-2)11-18(17)21;/h6-12H,3-5H2,1H3,(H,23,25);1H4. The number of rotatable bonds is 3. The Kier molecular flexibility index (Phi) is 6.18. The number of hydrogen-bond donors (Lipinski definition) is 1. The number of benzene rings is 2. The molecule has 0 spiro atoms. The minimum absolute atomic E-state index is 0. The zero-order valence-corrected chi connectivity index (χ0v) is 14.6. The first-order valence-electron chi connectivity index (χ1n) is 8.19. The molecule has 5 heteroatoms. The second-order valence-electron chi connectivity index (χ2n) is 6.11. The van der Waals surface area contributed by atoms with Crippen molar-refractivity contribution in [2.45, 2.75) is 33.6 Å². The topological polar surface area (TPSA) is 50.5 Å². The van der Waals surface area contributed by atoms with Gasteiger partial charge in [-0.05, 0) is 49.1 Å². The van der Waals surface area contributed by atoms with Crippen molar-refractivity contribution >= 4 is 34.7 Å². The summed E-state index contributed by atoms with van der Waals surface area (Å²) >= 11 is 6.09. The van der Waals surface area contributed by atoms with Gasteiger partial charge in [-0.25, -0.2) is 4.85 Å². The normalized spacial score (nSPS) is 15.4. The molecule has 1 aliphatic carbocycles. The van der Waals surface area contributed by atoms with Crippen LogP contribution in [-0.4, -0.2) is 11.7 Å². The van der Waals surface area contributed by atoms with Gasteiger partial charge in [0.2, 0.25) is 0 Å². The van der Waals surface area contributed by atoms with Gasteiger partial charge in [0.25, 0.3) is 5.91 Å². The third-order valence-electron chi connectivity index (χ3n) is 4.58. The quantitative estimate of drug-likeness (QED) is 0.682. The van der Waals surface area contributed by atoms with E-state index in [-0.39, 0.29) is 30.1 Å². The molecule has 0 heterocycles. The van der Waals surface area contributed by atoms with Gasteiger partial charge < -0.3 is 5.32 Å². The molecule has 2 aromatic carbocycles. The van der Waals surface area contributed by atoms with Crippen LogP contribution in [0.5, 0.6) is 0 Å². The Morgan fingerprint density at radius 1 is 1.31 bits per heavy atom. The number of anilines is 1. The number of nitrogens with one attached hydrogen (secondary N) is 1. The Labute approximate surface area is 159 Å². The molecule has 0 saturated heterocycles. The second kappa shape index (κ2) is 8.16. The lowest BCUT2D eigenvalue weighted by Crippen LogP contribution is -2.22. The first-order chi connectivity index (χ1) is 12.0. The maximum Gasteiger partial charge on any atom is 0.257 e. The summed E-state index contributed by atoms with van der Waals surface area (Å²) in [5.41, 5.74) is 3.07. The summed E-state index contributed by atoms with van der Waals surface area (Å²) in [6, 6.07) is 9.97. The van der Waals surface area contributed by atoms with E-state index in [1.807, 2.05) is 13.0 Å². The van der Waals surface area contributed by atoms with Crippen molar-refractivity contribution in [1.29, 1.82) is 0 Å². The highest BCUT2D eigenvalue weighted by Gasteiger charge is 2.26. The highest BCUT2D eigenvalue weighted by molar-refractivity contribution is 6.34. The fourth-order valence-electron chi connectivity index (χ4n) is 3.15. The summed E-state index contributed by atoms with van der Waals surface area (Å²) < 4.78 is 0. The molecule has 0 aromatic heterocycles. The number of nitrogens with zero attached hydrogens (tertiary/aromatic N) is 1. The van der Waals surface area contributed by atoms with Crippen LogP contribution < -0.4 is 5.32 Å². The van der Waals surface area contributed by atoms with E-state index in [2.05, 4.69) is 10.2 Å². The highest BCUT2D eigenvalue weighted by atomic mass is 35.5. The molecule has 4 nitrogen and oxygen atoms in total. The van der Waals surface area contributed by atoms with E-state index in [0.717, 1.165) is 30.4 Å². The first-order valence-corrected chi connectivity index (χ1v) is 8.56. The molecular formula is C21H21ClN2O2. The summed E-state index contributed by atoms with van der Waals surface area (Å²) in [5, 5.41) is 3.06. The summed E-state index contributed by atoms with van der Waals surface area (Å²) in [6.07, 6.45) is 2.54. The summed E-state index contributed by atoms with van der Waals surface area (Å²) in [5.74, 6) is -0.0397. The summed E-state index contributed by atoms with van der Waals surface area (Å²) in [4.78, 5) is 28.1. The van der Waals surface area contributed by atoms with E-state index in [9.17, 15) is 9.59 Å². The molecule has 1 amide bonds. The largest absolute Gasteiger partial charge is 0.322 e. The van der Waals surface area contributed by atoms with Gasteiger partial charge >= 0.3 is 0 Å². The third-order valence-corrected chi connectivity index (χ3v) is 4.89. The summed E-state index contributed by atoms with van der Waals surface area (Å²) in [6.45, 7) is 9.00. The van der Waals surface area contributed by atoms with Gasteiger partial charge in [-0.3, -0.25) is 9.59 Å². The van der Waals surface area contributed by atoms with Crippen LogP contribution in [0.1, 0.15) is 53.5 Å². The Hall–Kier alpha value is -2.64. The fraction of sp³-hybridized carbons (Fsp3) is 0.286. The molecule has 1 unspecified atom stereocenters. The Morgan fingerprint density at radius 3 is 2.73 bits per heavy atom. The zero-order valence-electron chi connectivity index (χ0n) is 13.8. The molecule has 1 N–H and O–H groups in total. The number of carbonyl (C=O) groups is 2. The number of hydrogen-bond acceptors (Lipinski definition) is 2. The van der Waals surface area contributed by atoms with Crippen LogP contribution in [0.15, 0.2) is 36.4 Å². The molecular weight excluding hydrogens is 348 g/mol. The molecule has 2 aromatic rings. The Bertz CT molecular complexity index is 899. The molecule has 1 atom stereocenters. The number of aryl methyl sites for hydroxylation is 1. The molecule has 3 rings (SSSR count). The average molecular weight is 369 g/mol. The minimum Gasteiger partial charge on any atom is -0.322 e. The van der Waals surface area contributed by atoms with Crippen LogP contribution in [0.4, 0.5) is 11.4 Å². The molecule has 0 bridgehead atoms. The molecule has 0 radical (unpaired) electrons. The average Bonchev–Trinajstić information content (AvgIpc) is 2.61. The monoisotopic (exact) mass is 368 g/mol. The van der Waals surface area contributed by atoms with E-state index in [4.69, 9.17) is 18.2 Å². The number of carbonyl (C=O) groups excluding carboxylic acids is 2. The van der Waals surface area contributed by atoms with Gasteiger partial charge in [-0.15, -0.1) is 0 Å². The van der Waals surface area contributed by atoms with Crippen LogP contribution >= 0.6 is 11.6 Å². The number of ketones is 1. The summed E-state index contributed by atoms with van der Waals surface area (Å²) in [7, 11) is 0. The van der Waals surface area contributed by atoms with E-state index in [0.29, 0.717) is 16.9 Å². The van der Waals surface area contributed by atoms with Crippen molar-refractivity contribution in [3.05, 3.63) is 69.5 Å². The van der Waals surface area contributed by atoms with Crippen molar-refractivity contribution in [3.8, 4) is 0 Å². The number of fused-ring (bicyclic) bond motifs is 1. The maximum absolute atomic E-state index is 12.4. The van der Waals surface area contributed by atoms with Crippen molar-refractivity contribution < 1.29 is 9.59 Å². The number of halogens is 1. The molecule has 0 fully saturated rings. The van der Waals surface area contributed by atoms with E-state index < -0.39 is 0 Å². The lowest BCUT2D eigenvalue weighted by atomic mass is 9.81. The van der Waals surface area contributed by atoms with Gasteiger partial charge in [0.1, 0.15) is 0 Å². The van der Waals surface area contributed by atoms with Crippen molar-refractivity contribution in [3.63, 3.8) is 0 Å². The smallest absolute Gasteiger partial charge is 0.257 e. The molecule has 0 saturated carbocycles. The van der Waals surface area contributed by atoms with Crippen LogP contribution in [0, 0.1) is 12.5 Å². The third kappa shape index (κ3) is 3.79. The van der Waals surface area contributed by atoms with Crippen LogP contribution in [0.2, 0.25) is 5.02 Å². The Balaban J connectivity index is 0.00000243. The molecule has 0 aliphatic heterocycles. The lowest BCUT2D eigenvalue weighted by molar-refractivity contribution is 0.0898. The fourth-order valence-corrected chi connectivity index (χ4v) is 3.41. The van der Waals surface area contributed by atoms with E-state index in [1.165, 1.54) is 6.07 Å². The van der Waals surface area contributed by atoms with Gasteiger partial charge in [0, 0.05) is 22.2 Å². The van der Waals surface area contributed by atoms with Gasteiger partial charge in [-0.1, -0.05) is 38.1 Å². The second-order valence-corrected chi connectivity index (χ2v) is 6.52. The predicted molar refractivity (Wildman–Crippen MR) is 105 cm³/mol. The van der Waals surface area contributed by atoms with Crippen LogP contribution in [0.3, 0.4) is 0 Å². The van der Waals surface area contributed by atoms with Gasteiger partial charge in [0.15, 0.2) is 11.5 Å². The van der Waals surface area contributed by atoms with Crippen molar-refractivity contribution in [2.75, 3.05) is 5.32 Å². The highest BCUT2D eigenvalue weighted by Crippen LogP contribution is 2.30. The number of Topliss-reactive ketones (excluding diaryl/α,β-unsaturated/α-hetero) is 1. The Morgan fingerprint density at radius 2 is 2.08 bits per heavy atom. The molecule has 134 valence electrons. The minimum atomic E-state index is -0.338. The van der Waals surface area contributed by atoms with E-state index >= 15 is 0 Å². The van der Waals surface area contributed by atoms with Crippen molar-refractivity contribution in [1.82, 2.24) is 0 Å². The zero-order chi connectivity index (χ0) is 18.0. The lowest BCUT2D eigenvalue weighted by Gasteiger charge is -2.22. The first kappa shape index (κ1) is 19.7.